The molecule has 0 aromatic heterocycles. The molecule has 0 spiro atoms. The summed E-state index contributed by atoms with van der Waals surface area (Å²) in [6.45, 7) is 4.35. The maximum atomic E-state index is 13.1. The number of ether oxygens (including phenoxy) is 2. The Morgan fingerprint density at radius 3 is 2.38 bits per heavy atom. The first kappa shape index (κ1) is 26.5. The minimum Gasteiger partial charge on any atom is -0.490 e. The lowest BCUT2D eigenvalue weighted by Gasteiger charge is -2.41. The number of benzene rings is 2. The number of rotatable bonds is 6. The van der Waals surface area contributed by atoms with Crippen LogP contribution in [0.25, 0.3) is 0 Å². The van der Waals surface area contributed by atoms with E-state index in [-0.39, 0.29) is 29.9 Å². The van der Waals surface area contributed by atoms with Crippen LogP contribution in [-0.2, 0) is 14.4 Å². The lowest BCUT2D eigenvalue weighted by molar-refractivity contribution is -0.135. The number of nitrogens with one attached hydrogen (secondary N) is 1. The van der Waals surface area contributed by atoms with Gasteiger partial charge in [0.15, 0.2) is 5.75 Å². The summed E-state index contributed by atoms with van der Waals surface area (Å²) in [5.74, 6) is 1.92. The van der Waals surface area contributed by atoms with Crippen LogP contribution < -0.4 is 24.6 Å². The fourth-order valence-electron chi connectivity index (χ4n) is 6.47. The molecule has 9 heteroatoms. The van der Waals surface area contributed by atoms with Crippen LogP contribution in [0.3, 0.4) is 0 Å². The van der Waals surface area contributed by atoms with Crippen LogP contribution in [0.2, 0.25) is 0 Å². The summed E-state index contributed by atoms with van der Waals surface area (Å²) in [6, 6.07) is 15.7. The number of hydrogen-bond donors (Lipinski definition) is 1. The Bertz CT molecular complexity index is 1220. The van der Waals surface area contributed by atoms with E-state index in [1.54, 1.807) is 0 Å². The first-order valence-electron chi connectivity index (χ1n) is 14.7. The smallest absolute Gasteiger partial charge is 0.249 e. The van der Waals surface area contributed by atoms with E-state index >= 15 is 0 Å². The Kier molecular flexibility index (Phi) is 7.80. The molecule has 6 rings (SSSR count). The highest BCUT2D eigenvalue weighted by molar-refractivity contribution is 6.02. The van der Waals surface area contributed by atoms with E-state index < -0.39 is 0 Å². The first-order chi connectivity index (χ1) is 19.5. The molecule has 3 amide bonds. The zero-order valence-corrected chi connectivity index (χ0v) is 22.9. The van der Waals surface area contributed by atoms with E-state index in [4.69, 9.17) is 9.47 Å². The molecule has 0 saturated carbocycles. The molecule has 1 unspecified atom stereocenters. The van der Waals surface area contributed by atoms with Gasteiger partial charge in [-0.05, 0) is 49.4 Å². The SMILES string of the molecule is O=C1CCC(N2CCOc3c(N4CCC(CC(=O)N5CCC(Oc6ccccc6)CC5)CC4)cccc32)C(=O)N1. The van der Waals surface area contributed by atoms with E-state index in [0.29, 0.717) is 38.3 Å². The Balaban J connectivity index is 1.01. The van der Waals surface area contributed by atoms with Crippen molar-refractivity contribution >= 4 is 29.1 Å². The zero-order valence-electron chi connectivity index (χ0n) is 22.9. The second-order valence-electron chi connectivity index (χ2n) is 11.3. The number of hydrogen-bond acceptors (Lipinski definition) is 7. The van der Waals surface area contributed by atoms with Crippen LogP contribution in [0.5, 0.6) is 11.5 Å². The Morgan fingerprint density at radius 2 is 1.62 bits per heavy atom. The molecule has 0 radical (unpaired) electrons. The van der Waals surface area contributed by atoms with E-state index in [9.17, 15) is 14.4 Å². The normalized spacial score (nSPS) is 22.4. The Labute approximate surface area is 235 Å². The molecule has 9 nitrogen and oxygen atoms in total. The number of amides is 3. The van der Waals surface area contributed by atoms with Gasteiger partial charge in [0.1, 0.15) is 24.5 Å². The third-order valence-electron chi connectivity index (χ3n) is 8.71. The summed E-state index contributed by atoms with van der Waals surface area (Å²) in [6.07, 6.45) is 5.30. The number of para-hydroxylation sites is 2. The Morgan fingerprint density at radius 1 is 0.875 bits per heavy atom. The number of imide groups is 1. The lowest BCUT2D eigenvalue weighted by atomic mass is 9.92. The van der Waals surface area contributed by atoms with Crippen molar-refractivity contribution in [1.29, 1.82) is 0 Å². The van der Waals surface area contributed by atoms with Gasteiger partial charge >= 0.3 is 0 Å². The van der Waals surface area contributed by atoms with Gasteiger partial charge in [-0.2, -0.15) is 0 Å². The maximum Gasteiger partial charge on any atom is 0.249 e. The molecule has 2 aromatic carbocycles. The van der Waals surface area contributed by atoms with Gasteiger partial charge in [0.2, 0.25) is 17.7 Å². The third-order valence-corrected chi connectivity index (χ3v) is 8.71. The molecule has 4 aliphatic rings. The summed E-state index contributed by atoms with van der Waals surface area (Å²) in [5, 5.41) is 2.48. The predicted molar refractivity (Wildman–Crippen MR) is 152 cm³/mol. The average Bonchev–Trinajstić information content (AvgIpc) is 2.98. The molecule has 1 atom stereocenters. The van der Waals surface area contributed by atoms with Gasteiger partial charge in [-0.25, -0.2) is 0 Å². The minimum atomic E-state index is -0.359. The topological polar surface area (TPSA) is 91.4 Å². The number of likely N-dealkylation sites (tertiary alicyclic amines) is 1. The molecule has 4 heterocycles. The molecule has 40 heavy (non-hydrogen) atoms. The van der Waals surface area contributed by atoms with Crippen LogP contribution in [0.1, 0.15) is 44.9 Å². The monoisotopic (exact) mass is 546 g/mol. The fourth-order valence-corrected chi connectivity index (χ4v) is 6.47. The number of carbonyl (C=O) groups excluding carboxylic acids is 3. The third kappa shape index (κ3) is 5.74. The average molecular weight is 547 g/mol. The van der Waals surface area contributed by atoms with E-state index in [1.165, 1.54) is 0 Å². The summed E-state index contributed by atoms with van der Waals surface area (Å²) < 4.78 is 12.2. The van der Waals surface area contributed by atoms with Crippen LogP contribution in [-0.4, -0.2) is 74.1 Å². The maximum absolute atomic E-state index is 13.1. The van der Waals surface area contributed by atoms with Crippen molar-refractivity contribution in [3.8, 4) is 11.5 Å². The van der Waals surface area contributed by atoms with Crippen molar-refractivity contribution in [1.82, 2.24) is 10.2 Å². The van der Waals surface area contributed by atoms with Gasteiger partial charge in [-0.1, -0.05) is 24.3 Å². The van der Waals surface area contributed by atoms with E-state index in [0.717, 1.165) is 74.7 Å². The van der Waals surface area contributed by atoms with Crippen LogP contribution in [0.4, 0.5) is 11.4 Å². The quantitative estimate of drug-likeness (QED) is 0.556. The standard InChI is InChI=1S/C31H38N4O5/c36-28-10-9-27(31(38)32-28)35-19-20-39-30-25(7-4-8-26(30)35)33-15-11-22(12-16-33)21-29(37)34-17-13-24(14-18-34)40-23-5-2-1-3-6-23/h1-8,22,24,27H,9-21H2,(H,32,36,38). The second kappa shape index (κ2) is 11.8. The summed E-state index contributed by atoms with van der Waals surface area (Å²) in [5.41, 5.74) is 1.95. The molecule has 3 saturated heterocycles. The zero-order chi connectivity index (χ0) is 27.5. The molecule has 3 fully saturated rings. The van der Waals surface area contributed by atoms with Gasteiger partial charge in [-0.3, -0.25) is 19.7 Å². The van der Waals surface area contributed by atoms with Crippen molar-refractivity contribution in [3.05, 3.63) is 48.5 Å². The van der Waals surface area contributed by atoms with Crippen LogP contribution in [0.15, 0.2) is 48.5 Å². The predicted octanol–water partition coefficient (Wildman–Crippen LogP) is 3.37. The van der Waals surface area contributed by atoms with Crippen molar-refractivity contribution in [2.45, 2.75) is 57.1 Å². The van der Waals surface area contributed by atoms with E-state index in [2.05, 4.69) is 21.2 Å². The van der Waals surface area contributed by atoms with Gasteiger partial charge in [0, 0.05) is 51.9 Å². The van der Waals surface area contributed by atoms with Gasteiger partial charge in [-0.15, -0.1) is 0 Å². The molecule has 4 aliphatic heterocycles. The van der Waals surface area contributed by atoms with E-state index in [1.807, 2.05) is 47.4 Å². The molecular formula is C31H38N4O5. The fraction of sp³-hybridized carbons (Fsp3) is 0.516. The molecular weight excluding hydrogens is 508 g/mol. The Hall–Kier alpha value is -3.75. The highest BCUT2D eigenvalue weighted by Crippen LogP contribution is 2.43. The van der Waals surface area contributed by atoms with Gasteiger partial charge in [0.05, 0.1) is 17.9 Å². The number of carbonyl (C=O) groups is 3. The van der Waals surface area contributed by atoms with Crippen molar-refractivity contribution in [2.24, 2.45) is 5.92 Å². The summed E-state index contributed by atoms with van der Waals surface area (Å²) in [4.78, 5) is 43.8. The van der Waals surface area contributed by atoms with Crippen molar-refractivity contribution in [3.63, 3.8) is 0 Å². The van der Waals surface area contributed by atoms with Gasteiger partial charge < -0.3 is 24.2 Å². The highest BCUT2D eigenvalue weighted by Gasteiger charge is 2.36. The number of nitrogens with zero attached hydrogens (tertiary/aromatic N) is 3. The number of fused-ring (bicyclic) bond motifs is 1. The lowest BCUT2D eigenvalue weighted by Crippen LogP contribution is -2.54. The van der Waals surface area contributed by atoms with Gasteiger partial charge in [0.25, 0.3) is 0 Å². The summed E-state index contributed by atoms with van der Waals surface area (Å²) in [7, 11) is 0. The second-order valence-corrected chi connectivity index (χ2v) is 11.3. The molecule has 0 bridgehead atoms. The minimum absolute atomic E-state index is 0.166. The molecule has 1 N–H and O–H groups in total. The summed E-state index contributed by atoms with van der Waals surface area (Å²) >= 11 is 0. The molecule has 2 aromatic rings. The molecule has 0 aliphatic carbocycles. The van der Waals surface area contributed by atoms with Crippen molar-refractivity contribution in [2.75, 3.05) is 49.1 Å². The number of anilines is 2. The highest BCUT2D eigenvalue weighted by atomic mass is 16.5. The number of piperidine rings is 3. The van der Waals surface area contributed by atoms with Crippen LogP contribution in [0, 0.1) is 5.92 Å². The molecule has 212 valence electrons. The first-order valence-corrected chi connectivity index (χ1v) is 14.7. The largest absolute Gasteiger partial charge is 0.490 e. The van der Waals surface area contributed by atoms with Crippen molar-refractivity contribution < 1.29 is 23.9 Å². The van der Waals surface area contributed by atoms with Crippen LogP contribution >= 0.6 is 0 Å².